The van der Waals surface area contributed by atoms with Gasteiger partial charge in [-0.15, -0.1) is 0 Å². The third kappa shape index (κ3) is 6.33. The molecule has 3 aliphatic rings. The summed E-state index contributed by atoms with van der Waals surface area (Å²) in [7, 11) is 0. The number of hydrogen-bond donors (Lipinski definition) is 1. The van der Waals surface area contributed by atoms with Crippen LogP contribution < -0.4 is 10.2 Å². The molecule has 0 aromatic carbocycles. The second kappa shape index (κ2) is 11.8. The molecule has 0 radical (unpaired) electrons. The van der Waals surface area contributed by atoms with Crippen LogP contribution in [0.2, 0.25) is 0 Å². The second-order valence-electron chi connectivity index (χ2n) is 9.89. The van der Waals surface area contributed by atoms with Gasteiger partial charge in [0.05, 0.1) is 0 Å². The van der Waals surface area contributed by atoms with Gasteiger partial charge < -0.3 is 15.1 Å². The minimum Gasteiger partial charge on any atom is -0.370 e. The van der Waals surface area contributed by atoms with E-state index in [9.17, 15) is 4.79 Å². The van der Waals surface area contributed by atoms with Gasteiger partial charge in [-0.2, -0.15) is 0 Å². The number of carbonyl (C=O) groups is 1. The van der Waals surface area contributed by atoms with Gasteiger partial charge in [0, 0.05) is 64.3 Å². The van der Waals surface area contributed by atoms with Crippen molar-refractivity contribution >= 4 is 17.5 Å². The molecular formula is C25H42N6O. The summed E-state index contributed by atoms with van der Waals surface area (Å²) >= 11 is 0. The zero-order valence-electron chi connectivity index (χ0n) is 20.0. The van der Waals surface area contributed by atoms with Crippen LogP contribution in [0.3, 0.4) is 0 Å². The molecule has 1 saturated carbocycles. The lowest BCUT2D eigenvalue weighted by Crippen LogP contribution is -2.52. The van der Waals surface area contributed by atoms with Gasteiger partial charge in [0.25, 0.3) is 0 Å². The van der Waals surface area contributed by atoms with Crippen LogP contribution in [0.15, 0.2) is 12.4 Å². The topological polar surface area (TPSA) is 64.6 Å². The van der Waals surface area contributed by atoms with Gasteiger partial charge in [-0.05, 0) is 44.4 Å². The molecule has 2 saturated heterocycles. The summed E-state index contributed by atoms with van der Waals surface area (Å²) in [6.45, 7) is 9.08. The molecule has 0 spiro atoms. The Hall–Kier alpha value is -1.89. The standard InChI is InChI=1S/C25H42N6O/c1-2-12-26-23-18-24(28-20-27-23)31-13-6-7-21(19-31)10-11-25(32)30-16-14-29(15-17-30)22-8-4-3-5-9-22/h18,20-22H,2-17,19H2,1H3,(H,26,27,28)/t21-/m0/s1. The average Bonchev–Trinajstić information content (AvgIpc) is 2.87. The zero-order valence-corrected chi connectivity index (χ0v) is 20.0. The van der Waals surface area contributed by atoms with Crippen molar-refractivity contribution in [3.8, 4) is 0 Å². The Morgan fingerprint density at radius 1 is 1.03 bits per heavy atom. The molecule has 32 heavy (non-hydrogen) atoms. The van der Waals surface area contributed by atoms with Gasteiger partial charge in [-0.1, -0.05) is 26.2 Å². The van der Waals surface area contributed by atoms with Crippen LogP contribution in [-0.2, 0) is 4.79 Å². The van der Waals surface area contributed by atoms with Crippen LogP contribution in [-0.4, -0.2) is 77.5 Å². The maximum Gasteiger partial charge on any atom is 0.222 e. The summed E-state index contributed by atoms with van der Waals surface area (Å²) in [4.78, 5) is 28.9. The highest BCUT2D eigenvalue weighted by atomic mass is 16.2. The van der Waals surface area contributed by atoms with Crippen molar-refractivity contribution in [3.63, 3.8) is 0 Å². The fraction of sp³-hybridized carbons (Fsp3) is 0.800. The van der Waals surface area contributed by atoms with E-state index in [0.717, 1.165) is 76.3 Å². The lowest BCUT2D eigenvalue weighted by molar-refractivity contribution is -0.133. The van der Waals surface area contributed by atoms with Gasteiger partial charge in [0.2, 0.25) is 5.91 Å². The quantitative estimate of drug-likeness (QED) is 0.661. The average molecular weight is 443 g/mol. The first-order valence-electron chi connectivity index (χ1n) is 13.1. The molecule has 7 nitrogen and oxygen atoms in total. The van der Waals surface area contributed by atoms with E-state index >= 15 is 0 Å². The van der Waals surface area contributed by atoms with Gasteiger partial charge in [-0.25, -0.2) is 9.97 Å². The van der Waals surface area contributed by atoms with Crippen LogP contribution in [0.25, 0.3) is 0 Å². The van der Waals surface area contributed by atoms with Crippen molar-refractivity contribution < 1.29 is 4.79 Å². The van der Waals surface area contributed by atoms with Crippen molar-refractivity contribution in [2.75, 3.05) is 56.0 Å². The Morgan fingerprint density at radius 3 is 2.62 bits per heavy atom. The fourth-order valence-corrected chi connectivity index (χ4v) is 5.65. The highest BCUT2D eigenvalue weighted by Crippen LogP contribution is 2.27. The minimum absolute atomic E-state index is 0.360. The predicted molar refractivity (Wildman–Crippen MR) is 130 cm³/mol. The third-order valence-electron chi connectivity index (χ3n) is 7.58. The number of hydrogen-bond acceptors (Lipinski definition) is 6. The monoisotopic (exact) mass is 442 g/mol. The van der Waals surface area contributed by atoms with Gasteiger partial charge in [0.15, 0.2) is 0 Å². The number of carbonyl (C=O) groups excluding carboxylic acids is 1. The largest absolute Gasteiger partial charge is 0.370 e. The summed E-state index contributed by atoms with van der Waals surface area (Å²) in [5.74, 6) is 2.84. The Kier molecular flexibility index (Phi) is 8.60. The third-order valence-corrected chi connectivity index (χ3v) is 7.58. The molecule has 1 N–H and O–H groups in total. The van der Waals surface area contributed by atoms with Gasteiger partial charge >= 0.3 is 0 Å². The molecule has 3 heterocycles. The first-order chi connectivity index (χ1) is 15.7. The van der Waals surface area contributed by atoms with E-state index in [4.69, 9.17) is 0 Å². The number of rotatable bonds is 8. The summed E-state index contributed by atoms with van der Waals surface area (Å²) in [6, 6.07) is 2.84. The molecule has 2 aliphatic heterocycles. The summed E-state index contributed by atoms with van der Waals surface area (Å²) < 4.78 is 0. The molecule has 1 aliphatic carbocycles. The number of piperazine rings is 1. The van der Waals surface area contributed by atoms with E-state index in [-0.39, 0.29) is 0 Å². The molecule has 0 bridgehead atoms. The highest BCUT2D eigenvalue weighted by molar-refractivity contribution is 5.76. The predicted octanol–water partition coefficient (Wildman–Crippen LogP) is 3.77. The van der Waals surface area contributed by atoms with Crippen LogP contribution >= 0.6 is 0 Å². The number of nitrogens with zero attached hydrogens (tertiary/aromatic N) is 5. The first kappa shape index (κ1) is 23.3. The van der Waals surface area contributed by atoms with Crippen molar-refractivity contribution in [2.24, 2.45) is 5.92 Å². The number of piperidine rings is 1. The maximum absolute atomic E-state index is 12.9. The number of aromatic nitrogens is 2. The van der Waals surface area contributed by atoms with E-state index in [1.807, 2.05) is 0 Å². The molecule has 3 fully saturated rings. The van der Waals surface area contributed by atoms with E-state index in [2.05, 4.69) is 43.0 Å². The molecule has 1 aromatic heterocycles. The molecule has 4 rings (SSSR count). The number of nitrogens with one attached hydrogen (secondary N) is 1. The lowest BCUT2D eigenvalue weighted by Gasteiger charge is -2.41. The molecular weight excluding hydrogens is 400 g/mol. The Labute approximate surface area is 194 Å². The van der Waals surface area contributed by atoms with Crippen molar-refractivity contribution in [1.82, 2.24) is 19.8 Å². The van der Waals surface area contributed by atoms with Gasteiger partial charge in [0.1, 0.15) is 18.0 Å². The molecule has 0 unspecified atom stereocenters. The van der Waals surface area contributed by atoms with Crippen LogP contribution in [0.5, 0.6) is 0 Å². The normalized spacial score (nSPS) is 23.3. The van der Waals surface area contributed by atoms with E-state index < -0.39 is 0 Å². The van der Waals surface area contributed by atoms with E-state index in [1.165, 1.54) is 44.9 Å². The van der Waals surface area contributed by atoms with Crippen LogP contribution in [0, 0.1) is 5.92 Å². The summed E-state index contributed by atoms with van der Waals surface area (Å²) in [6.07, 6.45) is 13.7. The van der Waals surface area contributed by atoms with Crippen LogP contribution in [0.1, 0.15) is 71.1 Å². The second-order valence-corrected chi connectivity index (χ2v) is 9.89. The van der Waals surface area contributed by atoms with Crippen molar-refractivity contribution in [3.05, 3.63) is 12.4 Å². The van der Waals surface area contributed by atoms with Crippen molar-refractivity contribution in [2.45, 2.75) is 77.2 Å². The van der Waals surface area contributed by atoms with Gasteiger partial charge in [-0.3, -0.25) is 9.69 Å². The maximum atomic E-state index is 12.9. The molecule has 1 aromatic rings. The molecule has 1 amide bonds. The summed E-state index contributed by atoms with van der Waals surface area (Å²) in [5, 5.41) is 3.35. The molecule has 178 valence electrons. The highest BCUT2D eigenvalue weighted by Gasteiger charge is 2.28. The summed E-state index contributed by atoms with van der Waals surface area (Å²) in [5.41, 5.74) is 0. The Morgan fingerprint density at radius 2 is 1.84 bits per heavy atom. The zero-order chi connectivity index (χ0) is 22.2. The SMILES string of the molecule is CCCNc1cc(N2CCC[C@@H](CCC(=O)N3CCN(C4CCCCC4)CC3)C2)ncn1. The number of amides is 1. The van der Waals surface area contributed by atoms with E-state index in [0.29, 0.717) is 18.2 Å². The van der Waals surface area contributed by atoms with Crippen molar-refractivity contribution in [1.29, 1.82) is 0 Å². The minimum atomic E-state index is 0.360. The fourth-order valence-electron chi connectivity index (χ4n) is 5.65. The lowest BCUT2D eigenvalue weighted by atomic mass is 9.92. The Bertz CT molecular complexity index is 714. The first-order valence-corrected chi connectivity index (χ1v) is 13.1. The number of anilines is 2. The molecule has 7 heteroatoms. The Balaban J connectivity index is 1.20. The molecule has 1 atom stereocenters. The smallest absolute Gasteiger partial charge is 0.222 e. The van der Waals surface area contributed by atoms with E-state index in [1.54, 1.807) is 6.33 Å². The van der Waals surface area contributed by atoms with Crippen LogP contribution in [0.4, 0.5) is 11.6 Å².